The molecule has 1 N–H and O–H groups in total. The Hall–Kier alpha value is 0.400. The van der Waals surface area contributed by atoms with Crippen LogP contribution in [0.4, 0.5) is 0 Å². The van der Waals surface area contributed by atoms with Crippen LogP contribution in [0, 0.1) is 17.3 Å². The van der Waals surface area contributed by atoms with Crippen molar-refractivity contribution in [1.29, 1.82) is 0 Å². The number of fused-ring (bicyclic) bond motifs is 1. The van der Waals surface area contributed by atoms with Gasteiger partial charge in [0.05, 0.1) is 6.10 Å². The van der Waals surface area contributed by atoms with Crippen molar-refractivity contribution in [2.45, 2.75) is 51.6 Å². The van der Waals surface area contributed by atoms with E-state index in [2.05, 4.69) is 32.2 Å². The molecule has 0 radical (unpaired) electrons. The fourth-order valence-electron chi connectivity index (χ4n) is 3.65. The summed E-state index contributed by atoms with van der Waals surface area (Å²) in [6.45, 7) is 2.40. The molecule has 1 nitrogen and oxygen atoms in total. The standard InChI is InChI=1S/C13H22OS2/c1-13-5-3-2-4-10(13)7-11(14)9(8-13)6-12(15)16/h6,9-11,14-16H,2-5,7-8H2,1H3/t9?,10-,11?,13-/m1/s1. The number of hydrogen-bond acceptors (Lipinski definition) is 3. The van der Waals surface area contributed by atoms with E-state index < -0.39 is 0 Å². The van der Waals surface area contributed by atoms with E-state index in [-0.39, 0.29) is 12.0 Å². The van der Waals surface area contributed by atoms with Gasteiger partial charge in [0.25, 0.3) is 0 Å². The lowest BCUT2D eigenvalue weighted by atomic mass is 9.57. The first-order valence-electron chi connectivity index (χ1n) is 6.29. The second-order valence-corrected chi connectivity index (χ2v) is 7.11. The summed E-state index contributed by atoms with van der Waals surface area (Å²) in [5.41, 5.74) is 0.440. The summed E-state index contributed by atoms with van der Waals surface area (Å²) in [6, 6.07) is 0. The maximum atomic E-state index is 10.2. The molecule has 0 amide bonds. The number of aliphatic hydroxyl groups excluding tert-OH is 1. The molecule has 2 saturated carbocycles. The lowest BCUT2D eigenvalue weighted by Gasteiger charge is -2.49. The summed E-state index contributed by atoms with van der Waals surface area (Å²) in [5, 5.41) is 10.2. The van der Waals surface area contributed by atoms with Crippen molar-refractivity contribution in [3.05, 3.63) is 10.3 Å². The Morgan fingerprint density at radius 2 is 2.12 bits per heavy atom. The van der Waals surface area contributed by atoms with Crippen LogP contribution in [-0.4, -0.2) is 11.2 Å². The molecule has 2 aliphatic rings. The second kappa shape index (κ2) is 4.95. The molecule has 0 aromatic rings. The summed E-state index contributed by atoms with van der Waals surface area (Å²) in [6.07, 6.45) is 9.22. The second-order valence-electron chi connectivity index (χ2n) is 5.79. The van der Waals surface area contributed by atoms with Gasteiger partial charge < -0.3 is 5.11 Å². The fraction of sp³-hybridized carbons (Fsp3) is 0.846. The van der Waals surface area contributed by atoms with Gasteiger partial charge in [-0.25, -0.2) is 0 Å². The molecule has 0 aliphatic heterocycles. The zero-order chi connectivity index (χ0) is 11.8. The van der Waals surface area contributed by atoms with E-state index in [0.717, 1.165) is 23.0 Å². The first-order chi connectivity index (χ1) is 7.51. The molecular formula is C13H22OS2. The van der Waals surface area contributed by atoms with Crippen LogP contribution in [0.1, 0.15) is 45.4 Å². The molecule has 2 unspecified atom stereocenters. The van der Waals surface area contributed by atoms with Crippen molar-refractivity contribution >= 4 is 25.3 Å². The van der Waals surface area contributed by atoms with Crippen molar-refractivity contribution in [1.82, 2.24) is 0 Å². The maximum Gasteiger partial charge on any atom is 0.0606 e. The third-order valence-electron chi connectivity index (χ3n) is 4.62. The third kappa shape index (κ3) is 2.62. The minimum atomic E-state index is -0.189. The summed E-state index contributed by atoms with van der Waals surface area (Å²) in [4.78, 5) is 0. The minimum absolute atomic E-state index is 0.189. The van der Waals surface area contributed by atoms with Crippen molar-refractivity contribution in [2.75, 3.05) is 0 Å². The first-order valence-corrected chi connectivity index (χ1v) is 7.18. The van der Waals surface area contributed by atoms with Gasteiger partial charge in [-0.2, -0.15) is 0 Å². The minimum Gasteiger partial charge on any atom is -0.393 e. The van der Waals surface area contributed by atoms with E-state index in [1.807, 2.05) is 6.08 Å². The molecule has 0 bridgehead atoms. The Balaban J connectivity index is 2.12. The molecule has 0 aromatic carbocycles. The molecule has 0 spiro atoms. The lowest BCUT2D eigenvalue weighted by molar-refractivity contribution is -0.0338. The topological polar surface area (TPSA) is 20.2 Å². The van der Waals surface area contributed by atoms with E-state index in [1.54, 1.807) is 0 Å². The SMILES string of the molecule is C[C@]12CCCC[C@@H]1CC(O)C(C=C(S)S)C2. The Kier molecular flexibility index (Phi) is 3.97. The van der Waals surface area contributed by atoms with Gasteiger partial charge in [-0.05, 0) is 37.0 Å². The summed E-state index contributed by atoms with van der Waals surface area (Å²) >= 11 is 8.42. The highest BCUT2D eigenvalue weighted by atomic mass is 32.2. The van der Waals surface area contributed by atoms with Crippen molar-refractivity contribution < 1.29 is 5.11 Å². The summed E-state index contributed by atoms with van der Waals surface area (Å²) in [7, 11) is 0. The third-order valence-corrected chi connectivity index (χ3v) is 4.92. The van der Waals surface area contributed by atoms with E-state index in [1.165, 1.54) is 25.7 Å². The molecule has 0 heterocycles. The highest BCUT2D eigenvalue weighted by Gasteiger charge is 2.44. The molecule has 0 aromatic heterocycles. The van der Waals surface area contributed by atoms with Crippen molar-refractivity contribution in [3.63, 3.8) is 0 Å². The van der Waals surface area contributed by atoms with Crippen LogP contribution in [0.15, 0.2) is 10.3 Å². The maximum absolute atomic E-state index is 10.2. The van der Waals surface area contributed by atoms with E-state index >= 15 is 0 Å². The predicted molar refractivity (Wildman–Crippen MR) is 74.9 cm³/mol. The van der Waals surface area contributed by atoms with Gasteiger partial charge in [0, 0.05) is 10.2 Å². The lowest BCUT2D eigenvalue weighted by Crippen LogP contribution is -2.43. The van der Waals surface area contributed by atoms with Gasteiger partial charge in [-0.1, -0.05) is 25.8 Å². The Bertz CT molecular complexity index is 286. The van der Waals surface area contributed by atoms with Gasteiger partial charge >= 0.3 is 0 Å². The monoisotopic (exact) mass is 258 g/mol. The number of thiol groups is 2. The molecule has 2 fully saturated rings. The molecule has 0 saturated heterocycles. The van der Waals surface area contributed by atoms with Crippen LogP contribution in [0.5, 0.6) is 0 Å². The predicted octanol–water partition coefficient (Wildman–Crippen LogP) is 3.65. The zero-order valence-corrected chi connectivity index (χ0v) is 11.7. The Morgan fingerprint density at radius 3 is 2.81 bits per heavy atom. The van der Waals surface area contributed by atoms with Gasteiger partial charge in [0.2, 0.25) is 0 Å². The number of rotatable bonds is 1. The van der Waals surface area contributed by atoms with Crippen LogP contribution >= 0.6 is 25.3 Å². The average molecular weight is 258 g/mol. The van der Waals surface area contributed by atoms with Gasteiger partial charge in [0.15, 0.2) is 0 Å². The van der Waals surface area contributed by atoms with E-state index in [4.69, 9.17) is 0 Å². The van der Waals surface area contributed by atoms with Crippen LogP contribution < -0.4 is 0 Å². The highest BCUT2D eigenvalue weighted by molar-refractivity contribution is 8.05. The molecule has 3 heteroatoms. The quantitative estimate of drug-likeness (QED) is 0.613. The smallest absolute Gasteiger partial charge is 0.0606 e. The van der Waals surface area contributed by atoms with Crippen molar-refractivity contribution in [2.24, 2.45) is 17.3 Å². The normalized spacial score (nSPS) is 43.6. The van der Waals surface area contributed by atoms with Crippen LogP contribution in [-0.2, 0) is 0 Å². The van der Waals surface area contributed by atoms with Gasteiger partial charge in [0.1, 0.15) is 0 Å². The Labute approximate surface area is 110 Å². The summed E-state index contributed by atoms with van der Waals surface area (Å²) < 4.78 is 0.738. The van der Waals surface area contributed by atoms with E-state index in [0.29, 0.717) is 5.41 Å². The van der Waals surface area contributed by atoms with E-state index in [9.17, 15) is 5.11 Å². The molecule has 2 aliphatic carbocycles. The van der Waals surface area contributed by atoms with Crippen molar-refractivity contribution in [3.8, 4) is 0 Å². The average Bonchev–Trinajstić information content (AvgIpc) is 2.19. The zero-order valence-electron chi connectivity index (χ0n) is 9.89. The first kappa shape index (κ1) is 12.8. The Morgan fingerprint density at radius 1 is 1.38 bits per heavy atom. The number of aliphatic hydroxyl groups is 1. The largest absolute Gasteiger partial charge is 0.393 e. The van der Waals surface area contributed by atoms with Crippen LogP contribution in [0.3, 0.4) is 0 Å². The van der Waals surface area contributed by atoms with Crippen LogP contribution in [0.2, 0.25) is 0 Å². The summed E-state index contributed by atoms with van der Waals surface area (Å²) in [5.74, 6) is 0.980. The molecule has 4 atom stereocenters. The molecule has 2 rings (SSSR count). The fourth-order valence-corrected chi connectivity index (χ4v) is 4.03. The molecule has 16 heavy (non-hydrogen) atoms. The van der Waals surface area contributed by atoms with Gasteiger partial charge in [-0.3, -0.25) is 0 Å². The molecular weight excluding hydrogens is 236 g/mol. The van der Waals surface area contributed by atoms with Crippen LogP contribution in [0.25, 0.3) is 0 Å². The molecule has 92 valence electrons. The number of hydrogen-bond donors (Lipinski definition) is 3. The van der Waals surface area contributed by atoms with Gasteiger partial charge in [-0.15, -0.1) is 25.3 Å². The highest BCUT2D eigenvalue weighted by Crippen LogP contribution is 2.52.